The third-order valence-electron chi connectivity index (χ3n) is 9.57. The average Bonchev–Trinajstić information content (AvgIpc) is 3.21. The third kappa shape index (κ3) is 10.2. The fraction of sp³-hybridized carbons (Fsp3) is 0.359. The van der Waals surface area contributed by atoms with E-state index in [1.54, 1.807) is 0 Å². The van der Waals surface area contributed by atoms with Gasteiger partial charge in [-0.05, 0) is 35.9 Å². The van der Waals surface area contributed by atoms with Crippen LogP contribution in [0.2, 0.25) is 0 Å². The third-order valence-corrected chi connectivity index (χ3v) is 9.57. The first-order valence-electron chi connectivity index (χ1n) is 18.2. The Balaban J connectivity index is 1.28. The molecule has 0 saturated carbocycles. The predicted molar refractivity (Wildman–Crippen MR) is 198 cm³/mol. The second-order valence-electron chi connectivity index (χ2n) is 13.9. The van der Waals surface area contributed by atoms with Gasteiger partial charge in [0, 0.05) is 18.2 Å². The van der Waals surface area contributed by atoms with E-state index in [1.165, 1.54) is 36.4 Å². The number of phenolic OH excluding ortho intramolecular Hbond substituents is 5. The van der Waals surface area contributed by atoms with Crippen LogP contribution in [0.15, 0.2) is 60.4 Å². The number of carbonyl (C=O) groups is 3. The van der Waals surface area contributed by atoms with Crippen molar-refractivity contribution in [2.45, 2.75) is 73.9 Å². The van der Waals surface area contributed by atoms with Crippen molar-refractivity contribution in [3.05, 3.63) is 77.1 Å². The number of ether oxygens (including phenoxy) is 7. The van der Waals surface area contributed by atoms with Gasteiger partial charge in [0.25, 0.3) is 11.9 Å². The van der Waals surface area contributed by atoms with Crippen molar-refractivity contribution in [2.75, 3.05) is 13.2 Å². The van der Waals surface area contributed by atoms with Gasteiger partial charge < -0.3 is 94.4 Å². The summed E-state index contributed by atoms with van der Waals surface area (Å²) in [6, 6.07) is 9.99. The number of aliphatic hydroxyl groups excluding tert-OH is 6. The minimum atomic E-state index is -1.99. The second kappa shape index (κ2) is 18.5. The lowest BCUT2D eigenvalue weighted by molar-refractivity contribution is -0.296. The Bertz CT molecular complexity index is 2130. The van der Waals surface area contributed by atoms with E-state index in [0.717, 1.165) is 30.3 Å². The van der Waals surface area contributed by atoms with Gasteiger partial charge in [-0.1, -0.05) is 12.1 Å². The van der Waals surface area contributed by atoms with E-state index in [-0.39, 0.29) is 34.1 Å². The first kappa shape index (κ1) is 44.2. The Kier molecular flexibility index (Phi) is 13.4. The molecule has 3 aromatic carbocycles. The van der Waals surface area contributed by atoms with Crippen molar-refractivity contribution >= 4 is 30.1 Å². The average molecular weight is 862 g/mol. The summed E-state index contributed by atoms with van der Waals surface area (Å²) in [7, 11) is 0. The quantitative estimate of drug-likeness (QED) is 0.0317. The molecule has 0 aliphatic carbocycles. The summed E-state index contributed by atoms with van der Waals surface area (Å²) >= 11 is 0. The van der Waals surface area contributed by atoms with Gasteiger partial charge in [-0.2, -0.15) is 0 Å². The summed E-state index contributed by atoms with van der Waals surface area (Å²) in [4.78, 5) is 35.2. The largest absolute Gasteiger partial charge is 0.571 e. The van der Waals surface area contributed by atoms with Crippen LogP contribution in [0.3, 0.4) is 0 Å². The zero-order chi connectivity index (χ0) is 44.3. The number of hydrogen-bond acceptors (Lipinski definition) is 20. The molecule has 3 aliphatic heterocycles. The van der Waals surface area contributed by atoms with Crippen LogP contribution < -0.4 is 4.74 Å². The lowest BCUT2D eigenvalue weighted by atomic mass is 9.98. The molecule has 2 fully saturated rings. The number of carboxylic acid groups (broad SMARTS) is 1. The molecule has 0 spiro atoms. The van der Waals surface area contributed by atoms with Crippen LogP contribution in [0.1, 0.15) is 29.2 Å². The molecular formula is C39H41O22+. The lowest BCUT2D eigenvalue weighted by Gasteiger charge is -2.41. The highest BCUT2D eigenvalue weighted by molar-refractivity contribution is 5.90. The highest BCUT2D eigenvalue weighted by Crippen LogP contribution is 2.48. The summed E-state index contributed by atoms with van der Waals surface area (Å²) in [5.74, 6) is -7.29. The van der Waals surface area contributed by atoms with E-state index in [9.17, 15) is 70.6 Å². The minimum absolute atomic E-state index is 0.00578. The van der Waals surface area contributed by atoms with Crippen LogP contribution >= 0.6 is 0 Å². The summed E-state index contributed by atoms with van der Waals surface area (Å²) < 4.78 is 37.8. The Hall–Kier alpha value is -6.37. The number of aromatic hydroxyl groups is 6. The number of rotatable bonds is 13. The fourth-order valence-corrected chi connectivity index (χ4v) is 6.37. The summed E-state index contributed by atoms with van der Waals surface area (Å²) in [6.07, 6.45) is -17.2. The summed E-state index contributed by atoms with van der Waals surface area (Å²) in [5.41, 5.74) is 0.418. The highest BCUT2D eigenvalue weighted by atomic mass is 16.7. The number of aliphatic hydroxyl groups is 7. The molecule has 1 unspecified atom stereocenters. The molecule has 0 bridgehead atoms. The monoisotopic (exact) mass is 861 g/mol. The van der Waals surface area contributed by atoms with E-state index < -0.39 is 128 Å². The fourth-order valence-electron chi connectivity index (χ4n) is 6.37. The molecule has 61 heavy (non-hydrogen) atoms. The standard InChI is InChI=1S/C39H40O22/c40-17-4-1-15(2-5-17)3-6-28(46)55-13-25-31(49)34(52)36(54)39(61-25)59-24-11-19-22(57-37(24)16-7-20(42)30(48)21(43)8-16)9-18(41)10-23(19)58-38-35(53)33(51)32(50)26(60-38)14-56-29(47)12-27(44)45/h1-11,25-26,31-43,48-54H,12-14H2,(H,44,45)/p+1/b6-3-/t25-,26+,31-,32-,33+,34+,35-,36-,37?,38-,39-/m1/s1. The van der Waals surface area contributed by atoms with Crippen LogP contribution in [-0.2, 0) is 38.1 Å². The second-order valence-corrected chi connectivity index (χ2v) is 13.9. The number of aliphatic carboxylic acids is 1. The molecule has 328 valence electrons. The number of benzene rings is 3. The number of phenols is 5. The van der Waals surface area contributed by atoms with Gasteiger partial charge in [-0.15, -0.1) is 0 Å². The molecule has 11 atom stereocenters. The van der Waals surface area contributed by atoms with Gasteiger partial charge in [0.05, 0.1) is 11.6 Å². The zero-order valence-electron chi connectivity index (χ0n) is 31.3. The molecule has 3 heterocycles. The Morgan fingerprint density at radius 1 is 0.689 bits per heavy atom. The van der Waals surface area contributed by atoms with Crippen molar-refractivity contribution in [1.29, 1.82) is 0 Å². The normalized spacial score (nSPS) is 28.5. The molecule has 13 N–H and O–H groups in total. The summed E-state index contributed by atoms with van der Waals surface area (Å²) in [6.45, 7) is -1.45. The molecule has 0 radical (unpaired) electrons. The topological polar surface area (TPSA) is 362 Å². The van der Waals surface area contributed by atoms with Crippen LogP contribution in [-0.4, -0.2) is 159 Å². The first-order chi connectivity index (χ1) is 28.9. The van der Waals surface area contributed by atoms with E-state index in [2.05, 4.69) is 4.74 Å². The molecule has 6 rings (SSSR count). The first-order valence-corrected chi connectivity index (χ1v) is 18.2. The SMILES string of the molecule is O=C(O)CC(=O)OC[C@@H]1O[C@@H](Oc2cc(O)cc3c2C=C(O[C@@H]2O[C@H](COC(=O)/C=C\c4ccc(O)cc4)[C@@H](O)[C@H](O)[C@H]2O)C(c2cc(O)c(O)c(O)c2)[OH+]3)[C@H](O)[C@@H](O)[C@@H]1O. The van der Waals surface area contributed by atoms with E-state index in [4.69, 9.17) is 33.5 Å². The molecule has 22 nitrogen and oxygen atoms in total. The van der Waals surface area contributed by atoms with Crippen molar-refractivity contribution in [3.8, 4) is 40.2 Å². The number of esters is 2. The number of fused-ring (bicyclic) bond motifs is 1. The maximum Gasteiger partial charge on any atom is 0.330 e. The van der Waals surface area contributed by atoms with Crippen molar-refractivity contribution in [1.82, 2.24) is 0 Å². The Morgan fingerprint density at radius 2 is 1.26 bits per heavy atom. The van der Waals surface area contributed by atoms with Crippen LogP contribution in [0.5, 0.6) is 40.2 Å². The van der Waals surface area contributed by atoms with Crippen LogP contribution in [0, 0.1) is 0 Å². The molecule has 0 amide bonds. The number of hydrogen-bond donors (Lipinski definition) is 12. The van der Waals surface area contributed by atoms with Crippen LogP contribution in [0.4, 0.5) is 0 Å². The predicted octanol–water partition coefficient (Wildman–Crippen LogP) is -1.16. The molecule has 3 aromatic rings. The summed E-state index contributed by atoms with van der Waals surface area (Å²) in [5, 5.41) is 124. The van der Waals surface area contributed by atoms with Gasteiger partial charge in [-0.25, -0.2) is 4.79 Å². The maximum absolute atomic E-state index is 12.5. The van der Waals surface area contributed by atoms with Gasteiger partial charge in [0.15, 0.2) is 23.0 Å². The van der Waals surface area contributed by atoms with Gasteiger partial charge >= 0.3 is 17.9 Å². The smallest absolute Gasteiger partial charge is 0.330 e. The lowest BCUT2D eigenvalue weighted by Crippen LogP contribution is -2.60. The Labute approximate surface area is 343 Å². The highest BCUT2D eigenvalue weighted by Gasteiger charge is 2.49. The molecule has 3 aliphatic rings. The number of carboxylic acids is 1. The van der Waals surface area contributed by atoms with Crippen LogP contribution in [0.25, 0.3) is 12.2 Å². The van der Waals surface area contributed by atoms with E-state index >= 15 is 0 Å². The molecule has 0 aromatic heterocycles. The molecular weight excluding hydrogens is 820 g/mol. The molecule has 22 heteroatoms. The van der Waals surface area contributed by atoms with E-state index in [0.29, 0.717) is 5.56 Å². The van der Waals surface area contributed by atoms with Crippen molar-refractivity contribution in [2.24, 2.45) is 0 Å². The minimum Gasteiger partial charge on any atom is -0.571 e. The van der Waals surface area contributed by atoms with Crippen molar-refractivity contribution in [3.63, 3.8) is 0 Å². The van der Waals surface area contributed by atoms with Gasteiger partial charge in [-0.3, -0.25) is 9.59 Å². The zero-order valence-corrected chi connectivity index (χ0v) is 31.3. The molecule has 2 saturated heterocycles. The maximum atomic E-state index is 12.5. The van der Waals surface area contributed by atoms with Gasteiger partial charge in [0.1, 0.15) is 91.3 Å². The van der Waals surface area contributed by atoms with E-state index in [1.807, 2.05) is 0 Å². The number of carbonyl (C=O) groups excluding carboxylic acids is 2. The van der Waals surface area contributed by atoms with Crippen molar-refractivity contribution < 1.29 is 109 Å². The Morgan fingerprint density at radius 3 is 1.85 bits per heavy atom. The van der Waals surface area contributed by atoms with Gasteiger partial charge in [0.2, 0.25) is 12.6 Å².